The van der Waals surface area contributed by atoms with Gasteiger partial charge in [-0.15, -0.1) is 0 Å². The number of hydrogen-bond acceptors (Lipinski definition) is 4. The van der Waals surface area contributed by atoms with Crippen LogP contribution in [0.15, 0.2) is 121 Å². The lowest BCUT2D eigenvalue weighted by molar-refractivity contribution is -0.136. The van der Waals surface area contributed by atoms with Gasteiger partial charge in [0, 0.05) is 18.7 Å². The first-order valence-electron chi connectivity index (χ1n) is 18.8. The molecule has 0 saturated carbocycles. The van der Waals surface area contributed by atoms with Crippen LogP contribution in [0.1, 0.15) is 55.0 Å². The number of rotatable bonds is 11. The third kappa shape index (κ3) is 8.16. The van der Waals surface area contributed by atoms with Crippen molar-refractivity contribution in [2.45, 2.75) is 57.0 Å². The molecule has 1 aliphatic heterocycles. The van der Waals surface area contributed by atoms with Crippen LogP contribution in [0.3, 0.4) is 0 Å². The van der Waals surface area contributed by atoms with Crippen molar-refractivity contribution in [2.75, 3.05) is 13.1 Å². The van der Waals surface area contributed by atoms with Crippen LogP contribution < -0.4 is 0 Å². The van der Waals surface area contributed by atoms with Crippen LogP contribution in [0.25, 0.3) is 44.2 Å². The van der Waals surface area contributed by atoms with E-state index in [1.807, 2.05) is 91.0 Å². The summed E-state index contributed by atoms with van der Waals surface area (Å²) < 4.78 is 58.0. The van der Waals surface area contributed by atoms with E-state index in [1.54, 1.807) is 37.4 Å². The molecule has 8 rings (SSSR count). The molecule has 0 radical (unpaired) electrons. The molecule has 2 aromatic heterocycles. The lowest BCUT2D eigenvalue weighted by atomic mass is 9.99. The fourth-order valence-corrected chi connectivity index (χ4v) is 7.65. The zero-order valence-corrected chi connectivity index (χ0v) is 31.4. The summed E-state index contributed by atoms with van der Waals surface area (Å²) in [6, 6.07) is 34.9. The summed E-state index contributed by atoms with van der Waals surface area (Å²) >= 11 is 0. The Morgan fingerprint density at radius 3 is 2.30 bits per heavy atom. The normalized spacial score (nSPS) is 16.0. The number of aromatic nitrogens is 4. The molecule has 1 saturated heterocycles. The highest BCUT2D eigenvalue weighted by molar-refractivity contribution is 6.05. The van der Waals surface area contributed by atoms with Crippen molar-refractivity contribution in [1.29, 1.82) is 0 Å². The van der Waals surface area contributed by atoms with Gasteiger partial charge in [-0.1, -0.05) is 103 Å². The lowest BCUT2D eigenvalue weighted by Gasteiger charge is -2.26. The summed E-state index contributed by atoms with van der Waals surface area (Å²) in [5.74, 6) is -6.76. The second-order valence-corrected chi connectivity index (χ2v) is 15.0. The quantitative estimate of drug-likeness (QED) is 0.128. The Hall–Kier alpha value is -6.30. The van der Waals surface area contributed by atoms with Gasteiger partial charge in [-0.2, -0.15) is 0 Å². The molecule has 1 fully saturated rings. The van der Waals surface area contributed by atoms with E-state index in [0.29, 0.717) is 28.4 Å². The number of halogens is 4. The first kappa shape index (κ1) is 37.6. The lowest BCUT2D eigenvalue weighted by Crippen LogP contribution is -2.40. The fraction of sp³-hybridized carbons (Fsp3) is 0.244. The minimum Gasteiger partial charge on any atom is -0.341 e. The largest absolute Gasteiger partial charge is 0.341 e. The van der Waals surface area contributed by atoms with Crippen LogP contribution in [0, 0.1) is 0 Å². The number of carbonyl (C=O) groups excluding carboxylic acids is 2. The molecule has 57 heavy (non-hydrogen) atoms. The molecule has 2 amide bonds. The number of fused-ring (bicyclic) bond motifs is 3. The van der Waals surface area contributed by atoms with Crippen molar-refractivity contribution in [2.24, 2.45) is 0 Å². The molecule has 0 aliphatic carbocycles. The number of aromatic amines is 2. The van der Waals surface area contributed by atoms with Gasteiger partial charge in [0.15, 0.2) is 0 Å². The van der Waals surface area contributed by atoms with Crippen LogP contribution in [0.4, 0.5) is 17.6 Å². The van der Waals surface area contributed by atoms with Crippen LogP contribution in [0.5, 0.6) is 0 Å². The van der Waals surface area contributed by atoms with E-state index in [1.165, 1.54) is 4.90 Å². The van der Waals surface area contributed by atoms with Crippen LogP contribution >= 0.6 is 0 Å². The SMILES string of the molecule is C[C@@H](C(=O)N1CC(F)(F)C[C@H]1c1nc2c(ccc3cc(-c4ccc(-c5cnc(CN(CC(C)(F)F)C(=O)Cc6ccccc6)[nH]5)cc4)ccc32)[nH]1)c1ccccc1. The summed E-state index contributed by atoms with van der Waals surface area (Å²) in [4.78, 5) is 44.7. The zero-order chi connectivity index (χ0) is 39.9. The number of alkyl halides is 4. The maximum atomic E-state index is 14.9. The molecule has 290 valence electrons. The smallest absolute Gasteiger partial charge is 0.267 e. The fourth-order valence-electron chi connectivity index (χ4n) is 7.65. The van der Waals surface area contributed by atoms with Gasteiger partial charge < -0.3 is 19.8 Å². The predicted octanol–water partition coefficient (Wildman–Crippen LogP) is 9.71. The molecule has 3 heterocycles. The maximum Gasteiger partial charge on any atom is 0.267 e. The van der Waals surface area contributed by atoms with Gasteiger partial charge >= 0.3 is 0 Å². The summed E-state index contributed by atoms with van der Waals surface area (Å²) in [5, 5.41) is 1.75. The first-order chi connectivity index (χ1) is 27.3. The number of likely N-dealkylation sites (tertiary alicyclic amines) is 1. The average molecular weight is 773 g/mol. The molecule has 1 aliphatic rings. The number of carbonyl (C=O) groups is 2. The van der Waals surface area contributed by atoms with Crippen LogP contribution in [-0.4, -0.2) is 66.5 Å². The average Bonchev–Trinajstić information content (AvgIpc) is 3.94. The second-order valence-electron chi connectivity index (χ2n) is 15.0. The van der Waals surface area contributed by atoms with E-state index in [-0.39, 0.29) is 18.9 Å². The maximum absolute atomic E-state index is 14.9. The van der Waals surface area contributed by atoms with E-state index in [4.69, 9.17) is 4.98 Å². The minimum absolute atomic E-state index is 0.00612. The molecule has 8 nitrogen and oxygen atoms in total. The molecule has 2 atom stereocenters. The zero-order valence-electron chi connectivity index (χ0n) is 31.4. The highest BCUT2D eigenvalue weighted by Crippen LogP contribution is 2.43. The number of amides is 2. The molecule has 0 unspecified atom stereocenters. The van der Waals surface area contributed by atoms with Crippen molar-refractivity contribution >= 4 is 33.6 Å². The van der Waals surface area contributed by atoms with Crippen LogP contribution in [0.2, 0.25) is 0 Å². The number of benzene rings is 5. The Morgan fingerprint density at radius 2 is 1.58 bits per heavy atom. The Labute approximate surface area is 326 Å². The van der Waals surface area contributed by atoms with Crippen molar-refractivity contribution in [1.82, 2.24) is 29.7 Å². The van der Waals surface area contributed by atoms with Gasteiger partial charge in [0.05, 0.1) is 60.9 Å². The Bertz CT molecular complexity index is 2550. The third-order valence-corrected chi connectivity index (χ3v) is 10.5. The number of hydrogen-bond donors (Lipinski definition) is 2. The van der Waals surface area contributed by atoms with Gasteiger partial charge in [0.25, 0.3) is 11.8 Å². The highest BCUT2D eigenvalue weighted by Gasteiger charge is 2.49. The topological polar surface area (TPSA) is 98.0 Å². The van der Waals surface area contributed by atoms with Gasteiger partial charge in [-0.25, -0.2) is 27.5 Å². The molecule has 7 aromatic rings. The molecule has 0 bridgehead atoms. The highest BCUT2D eigenvalue weighted by atomic mass is 19.3. The first-order valence-corrected chi connectivity index (χ1v) is 18.8. The van der Waals surface area contributed by atoms with Crippen molar-refractivity contribution in [3.05, 3.63) is 144 Å². The molecule has 12 heteroatoms. The van der Waals surface area contributed by atoms with E-state index in [2.05, 4.69) is 15.0 Å². The summed E-state index contributed by atoms with van der Waals surface area (Å²) in [6.45, 7) is 1.05. The third-order valence-electron chi connectivity index (χ3n) is 10.5. The molecular weight excluding hydrogens is 733 g/mol. The van der Waals surface area contributed by atoms with Crippen molar-refractivity contribution in [3.63, 3.8) is 0 Å². The summed E-state index contributed by atoms with van der Waals surface area (Å²) in [6.07, 6.45) is 1.12. The van der Waals surface area contributed by atoms with E-state index < -0.39 is 49.2 Å². The Kier molecular flexibility index (Phi) is 9.89. The number of nitrogens with one attached hydrogen (secondary N) is 2. The predicted molar refractivity (Wildman–Crippen MR) is 212 cm³/mol. The van der Waals surface area contributed by atoms with Gasteiger partial charge in [0.2, 0.25) is 11.8 Å². The molecule has 2 N–H and O–H groups in total. The standard InChI is InChI=1S/C45H40F4N6O2/c1-28(30-11-7-4-8-12-30)43(57)55-27-45(48,49)23-38(55)42-52-36-20-18-34-22-33(17-19-35(34)41(36)53-42)31-13-15-32(16-14-31)37-24-50-39(51-37)25-54(26-44(2,46)47)40(56)21-29-9-5-3-6-10-29/h3-20,22,24,28,38H,21,23,25-27H2,1-2H3,(H,50,51)(H,52,53)/t28-,38+/m1/s1. The van der Waals surface area contributed by atoms with E-state index in [9.17, 15) is 27.2 Å². The van der Waals surface area contributed by atoms with Crippen molar-refractivity contribution in [3.8, 4) is 22.4 Å². The second kappa shape index (κ2) is 15.0. The van der Waals surface area contributed by atoms with Gasteiger partial charge in [-0.05, 0) is 52.3 Å². The molecular formula is C45H40F4N6O2. The monoisotopic (exact) mass is 772 g/mol. The van der Waals surface area contributed by atoms with E-state index >= 15 is 0 Å². The van der Waals surface area contributed by atoms with E-state index in [0.717, 1.165) is 50.4 Å². The molecule has 0 spiro atoms. The Morgan fingerprint density at radius 1 is 0.895 bits per heavy atom. The number of imidazole rings is 2. The van der Waals surface area contributed by atoms with Gasteiger partial charge in [-0.3, -0.25) is 9.59 Å². The number of H-pyrrole nitrogens is 2. The minimum atomic E-state index is -3.07. The van der Waals surface area contributed by atoms with Gasteiger partial charge in [0.1, 0.15) is 11.6 Å². The summed E-state index contributed by atoms with van der Waals surface area (Å²) in [5.41, 5.74) is 6.25. The van der Waals surface area contributed by atoms with Crippen LogP contribution in [-0.2, 0) is 22.6 Å². The van der Waals surface area contributed by atoms with Crippen molar-refractivity contribution < 1.29 is 27.2 Å². The Balaban J connectivity index is 0.993. The number of nitrogens with zero attached hydrogens (tertiary/aromatic N) is 4. The summed E-state index contributed by atoms with van der Waals surface area (Å²) in [7, 11) is 0. The molecule has 5 aromatic carbocycles.